The highest BCUT2D eigenvalue weighted by Crippen LogP contribution is 2.39. The SMILES string of the molecule is Cc1ccc(-c2nc3ccccc3n2Cc2c(C(C)C)cc(-c3ccccc3)cc2C(C)C)c2oc3cccnc3c12. The van der Waals surface area contributed by atoms with E-state index in [1.807, 2.05) is 18.3 Å². The number of furan rings is 1. The van der Waals surface area contributed by atoms with E-state index in [-0.39, 0.29) is 0 Å². The molecular weight excluding hydrogens is 514 g/mol. The topological polar surface area (TPSA) is 43.9 Å². The van der Waals surface area contributed by atoms with E-state index in [9.17, 15) is 0 Å². The molecule has 42 heavy (non-hydrogen) atoms. The van der Waals surface area contributed by atoms with Gasteiger partial charge in [0.05, 0.1) is 28.5 Å². The molecule has 4 aromatic carbocycles. The van der Waals surface area contributed by atoms with Crippen LogP contribution in [0.5, 0.6) is 0 Å². The molecule has 3 aromatic heterocycles. The minimum Gasteiger partial charge on any atom is -0.454 e. The van der Waals surface area contributed by atoms with E-state index >= 15 is 0 Å². The number of aryl methyl sites for hydroxylation is 1. The van der Waals surface area contributed by atoms with Gasteiger partial charge < -0.3 is 8.98 Å². The minimum atomic E-state index is 0.368. The molecule has 4 nitrogen and oxygen atoms in total. The zero-order valence-electron chi connectivity index (χ0n) is 24.8. The van der Waals surface area contributed by atoms with Crippen LogP contribution in [0.2, 0.25) is 0 Å². The van der Waals surface area contributed by atoms with E-state index < -0.39 is 0 Å². The molecule has 0 unspecified atom stereocenters. The van der Waals surface area contributed by atoms with Crippen LogP contribution in [0, 0.1) is 6.92 Å². The van der Waals surface area contributed by atoms with Crippen molar-refractivity contribution in [2.45, 2.75) is 53.0 Å². The summed E-state index contributed by atoms with van der Waals surface area (Å²) in [7, 11) is 0. The molecule has 3 heterocycles. The van der Waals surface area contributed by atoms with Crippen molar-refractivity contribution in [2.24, 2.45) is 0 Å². The highest BCUT2D eigenvalue weighted by molar-refractivity contribution is 6.09. The first-order valence-corrected chi connectivity index (χ1v) is 14.8. The number of nitrogens with zero attached hydrogens (tertiary/aromatic N) is 3. The Morgan fingerprint density at radius 2 is 1.48 bits per heavy atom. The van der Waals surface area contributed by atoms with E-state index in [4.69, 9.17) is 9.40 Å². The van der Waals surface area contributed by atoms with Gasteiger partial charge in [-0.15, -0.1) is 0 Å². The minimum absolute atomic E-state index is 0.368. The second-order valence-electron chi connectivity index (χ2n) is 11.9. The first kappa shape index (κ1) is 26.2. The molecule has 0 atom stereocenters. The zero-order chi connectivity index (χ0) is 29.0. The molecule has 0 aliphatic carbocycles. The molecule has 0 bridgehead atoms. The third-order valence-electron chi connectivity index (χ3n) is 8.47. The van der Waals surface area contributed by atoms with Crippen LogP contribution in [-0.4, -0.2) is 14.5 Å². The maximum atomic E-state index is 6.49. The van der Waals surface area contributed by atoms with Gasteiger partial charge in [0.2, 0.25) is 0 Å². The normalized spacial score (nSPS) is 12.0. The lowest BCUT2D eigenvalue weighted by atomic mass is 9.85. The van der Waals surface area contributed by atoms with Gasteiger partial charge in [0.1, 0.15) is 16.9 Å². The van der Waals surface area contributed by atoms with Crippen molar-refractivity contribution in [2.75, 3.05) is 0 Å². The summed E-state index contributed by atoms with van der Waals surface area (Å²) in [4.78, 5) is 9.90. The van der Waals surface area contributed by atoms with Gasteiger partial charge >= 0.3 is 0 Å². The molecule has 0 N–H and O–H groups in total. The van der Waals surface area contributed by atoms with Gasteiger partial charge in [-0.2, -0.15) is 0 Å². The fourth-order valence-electron chi connectivity index (χ4n) is 6.36. The van der Waals surface area contributed by atoms with Gasteiger partial charge in [0.25, 0.3) is 0 Å². The van der Waals surface area contributed by atoms with Crippen LogP contribution >= 0.6 is 0 Å². The molecule has 0 aliphatic rings. The Bertz CT molecular complexity index is 2050. The van der Waals surface area contributed by atoms with Crippen LogP contribution in [0.15, 0.2) is 102 Å². The van der Waals surface area contributed by atoms with Crippen molar-refractivity contribution in [1.82, 2.24) is 14.5 Å². The number of fused-ring (bicyclic) bond motifs is 4. The van der Waals surface area contributed by atoms with Crippen molar-refractivity contribution in [3.63, 3.8) is 0 Å². The third-order valence-corrected chi connectivity index (χ3v) is 8.47. The summed E-state index contributed by atoms with van der Waals surface area (Å²) in [6.45, 7) is 12.0. The van der Waals surface area contributed by atoms with Gasteiger partial charge in [-0.1, -0.05) is 88.4 Å². The summed E-state index contributed by atoms with van der Waals surface area (Å²) in [5, 5.41) is 1.06. The number of rotatable bonds is 6. The predicted octanol–water partition coefficient (Wildman–Crippen LogP) is 10.3. The molecular formula is C38H35N3O. The van der Waals surface area contributed by atoms with Gasteiger partial charge in [-0.25, -0.2) is 4.98 Å². The summed E-state index contributed by atoms with van der Waals surface area (Å²) in [6.07, 6.45) is 1.83. The summed E-state index contributed by atoms with van der Waals surface area (Å²) < 4.78 is 8.88. The Balaban J connectivity index is 1.48. The van der Waals surface area contributed by atoms with Crippen molar-refractivity contribution >= 4 is 33.1 Å². The highest BCUT2D eigenvalue weighted by atomic mass is 16.3. The standard InChI is InChI=1S/C38H35N3O/c1-23(2)29-20-27(26-12-7-6-8-13-26)21-30(24(3)4)31(29)22-41-33-15-10-9-14-32(33)40-38(41)28-18-17-25(5)35-36-34(42-37(28)35)16-11-19-39-36/h6-21,23-24H,22H2,1-5H3. The second-order valence-corrected chi connectivity index (χ2v) is 11.9. The maximum absolute atomic E-state index is 6.49. The first-order chi connectivity index (χ1) is 20.4. The van der Waals surface area contributed by atoms with Gasteiger partial charge in [0.15, 0.2) is 5.58 Å². The van der Waals surface area contributed by atoms with Gasteiger partial charge in [-0.3, -0.25) is 4.98 Å². The molecule has 0 aliphatic heterocycles. The molecule has 7 rings (SSSR count). The lowest BCUT2D eigenvalue weighted by Gasteiger charge is -2.23. The first-order valence-electron chi connectivity index (χ1n) is 14.8. The summed E-state index contributed by atoms with van der Waals surface area (Å²) in [5.41, 5.74) is 13.4. The molecule has 0 saturated heterocycles. The van der Waals surface area contributed by atoms with Crippen molar-refractivity contribution in [3.05, 3.63) is 119 Å². The lowest BCUT2D eigenvalue weighted by Crippen LogP contribution is -2.11. The molecule has 7 aromatic rings. The van der Waals surface area contributed by atoms with Crippen molar-refractivity contribution < 1.29 is 4.42 Å². The predicted molar refractivity (Wildman–Crippen MR) is 174 cm³/mol. The Morgan fingerprint density at radius 1 is 0.762 bits per heavy atom. The Labute approximate surface area is 246 Å². The Hall–Kier alpha value is -4.70. The van der Waals surface area contributed by atoms with Crippen LogP contribution in [0.1, 0.15) is 61.8 Å². The Kier molecular flexibility index (Phi) is 6.42. The van der Waals surface area contributed by atoms with Crippen LogP contribution in [-0.2, 0) is 6.54 Å². The molecule has 0 radical (unpaired) electrons. The average molecular weight is 550 g/mol. The molecule has 0 fully saturated rings. The third kappa shape index (κ3) is 4.30. The van der Waals surface area contributed by atoms with Crippen LogP contribution in [0.4, 0.5) is 0 Å². The summed E-state index contributed by atoms with van der Waals surface area (Å²) in [6, 6.07) is 32.2. The van der Waals surface area contributed by atoms with Crippen LogP contribution in [0.3, 0.4) is 0 Å². The number of hydrogen-bond donors (Lipinski definition) is 0. The number of benzene rings is 4. The van der Waals surface area contributed by atoms with Crippen LogP contribution < -0.4 is 0 Å². The van der Waals surface area contributed by atoms with Crippen molar-refractivity contribution in [3.8, 4) is 22.5 Å². The zero-order valence-corrected chi connectivity index (χ0v) is 24.8. The fraction of sp³-hybridized carbons (Fsp3) is 0.211. The van der Waals surface area contributed by atoms with Gasteiger partial charge in [-0.05, 0) is 82.5 Å². The number of para-hydroxylation sites is 2. The molecule has 0 saturated carbocycles. The average Bonchev–Trinajstić information content (AvgIpc) is 3.57. The van der Waals surface area contributed by atoms with E-state index in [1.165, 1.54) is 27.8 Å². The second kappa shape index (κ2) is 10.3. The maximum Gasteiger partial charge on any atom is 0.153 e. The van der Waals surface area contributed by atoms with E-state index in [0.717, 1.165) is 56.6 Å². The number of imidazole rings is 1. The largest absolute Gasteiger partial charge is 0.454 e. The van der Waals surface area contributed by atoms with Crippen LogP contribution in [0.25, 0.3) is 55.6 Å². The van der Waals surface area contributed by atoms with Gasteiger partial charge in [0, 0.05) is 6.20 Å². The lowest BCUT2D eigenvalue weighted by molar-refractivity contribution is 0.667. The van der Waals surface area contributed by atoms with Crippen molar-refractivity contribution in [1.29, 1.82) is 0 Å². The molecule has 0 spiro atoms. The highest BCUT2D eigenvalue weighted by Gasteiger charge is 2.23. The number of pyridine rings is 1. The van der Waals surface area contributed by atoms with E-state index in [2.05, 4.69) is 123 Å². The summed E-state index contributed by atoms with van der Waals surface area (Å²) in [5.74, 6) is 1.65. The monoisotopic (exact) mass is 549 g/mol. The molecule has 0 amide bonds. The Morgan fingerprint density at radius 3 is 2.21 bits per heavy atom. The number of aromatic nitrogens is 3. The van der Waals surface area contributed by atoms with E-state index in [0.29, 0.717) is 11.8 Å². The van der Waals surface area contributed by atoms with E-state index in [1.54, 1.807) is 0 Å². The quantitative estimate of drug-likeness (QED) is 0.207. The summed E-state index contributed by atoms with van der Waals surface area (Å²) >= 11 is 0. The molecule has 4 heteroatoms. The number of hydrogen-bond acceptors (Lipinski definition) is 3. The fourth-order valence-corrected chi connectivity index (χ4v) is 6.36. The smallest absolute Gasteiger partial charge is 0.153 e. The molecule has 208 valence electrons.